The number of nitrogens with one attached hydrogen (secondary N) is 2. The van der Waals surface area contributed by atoms with E-state index in [4.69, 9.17) is 0 Å². The summed E-state index contributed by atoms with van der Waals surface area (Å²) >= 11 is 0. The molecule has 98 valence electrons. The number of aromatic nitrogens is 3. The van der Waals surface area contributed by atoms with Crippen LogP contribution in [-0.4, -0.2) is 32.4 Å². The summed E-state index contributed by atoms with van der Waals surface area (Å²) in [4.78, 5) is 4.11. The number of nitrogens with zero attached hydrogens (tertiary/aromatic N) is 2. The van der Waals surface area contributed by atoms with Gasteiger partial charge in [0.15, 0.2) is 0 Å². The number of aliphatic hydroxyl groups excluding tert-OH is 1. The fraction of sp³-hybridized carbons (Fsp3) is 0.538. The molecule has 0 aliphatic heterocycles. The molecule has 2 aromatic rings. The lowest BCUT2D eigenvalue weighted by Gasteiger charge is -2.26. The predicted octanol–water partition coefficient (Wildman–Crippen LogP) is 1.77. The van der Waals surface area contributed by atoms with E-state index in [1.807, 2.05) is 0 Å². The van der Waals surface area contributed by atoms with Crippen LogP contribution in [0.5, 0.6) is 0 Å². The molecule has 18 heavy (non-hydrogen) atoms. The standard InChI is InChI=1S/C13H20N4O/c1-4-13(2,3)15-8-12(18)10-5-14-7-11-9(10)6-16-17-11/h5-7,12,15,18H,4,8H2,1-3H3,(H,16,17)/t12-/m0/s1. The number of hydrogen-bond donors (Lipinski definition) is 3. The van der Waals surface area contributed by atoms with Crippen LogP contribution in [0, 0.1) is 0 Å². The molecule has 5 nitrogen and oxygen atoms in total. The van der Waals surface area contributed by atoms with Gasteiger partial charge in [0, 0.05) is 29.2 Å². The molecule has 1 atom stereocenters. The van der Waals surface area contributed by atoms with Crippen LogP contribution in [0.2, 0.25) is 0 Å². The summed E-state index contributed by atoms with van der Waals surface area (Å²) in [6.45, 7) is 6.87. The summed E-state index contributed by atoms with van der Waals surface area (Å²) in [6.07, 6.45) is 5.56. The second-order valence-electron chi connectivity index (χ2n) is 5.19. The van der Waals surface area contributed by atoms with Crippen molar-refractivity contribution >= 4 is 10.9 Å². The van der Waals surface area contributed by atoms with Crippen molar-refractivity contribution in [1.82, 2.24) is 20.5 Å². The van der Waals surface area contributed by atoms with E-state index in [0.29, 0.717) is 6.54 Å². The fourth-order valence-corrected chi connectivity index (χ4v) is 1.76. The number of rotatable bonds is 5. The quantitative estimate of drug-likeness (QED) is 0.754. The van der Waals surface area contributed by atoms with Gasteiger partial charge in [-0.05, 0) is 20.3 Å². The first-order valence-corrected chi connectivity index (χ1v) is 6.23. The third-order valence-corrected chi connectivity index (χ3v) is 3.41. The molecule has 0 aliphatic carbocycles. The highest BCUT2D eigenvalue weighted by molar-refractivity contribution is 5.80. The Morgan fingerprint density at radius 2 is 2.17 bits per heavy atom. The molecule has 0 fully saturated rings. The Morgan fingerprint density at radius 1 is 1.39 bits per heavy atom. The molecule has 0 radical (unpaired) electrons. The molecule has 0 aliphatic rings. The third-order valence-electron chi connectivity index (χ3n) is 3.41. The van der Waals surface area contributed by atoms with Crippen LogP contribution in [0.15, 0.2) is 18.6 Å². The van der Waals surface area contributed by atoms with Crippen molar-refractivity contribution in [2.24, 2.45) is 0 Å². The number of fused-ring (bicyclic) bond motifs is 1. The molecule has 2 aromatic heterocycles. The van der Waals surface area contributed by atoms with Crippen LogP contribution >= 0.6 is 0 Å². The number of aromatic amines is 1. The summed E-state index contributed by atoms with van der Waals surface area (Å²) in [5.41, 5.74) is 1.68. The molecule has 0 amide bonds. The molecule has 3 N–H and O–H groups in total. The Hall–Kier alpha value is -1.46. The summed E-state index contributed by atoms with van der Waals surface area (Å²) in [7, 11) is 0. The first-order chi connectivity index (χ1) is 8.53. The van der Waals surface area contributed by atoms with Gasteiger partial charge in [-0.25, -0.2) is 0 Å². The number of β-amino-alcohol motifs (C(OH)–C–C–N with tert-alkyl or cyclic N) is 1. The Labute approximate surface area is 107 Å². The van der Waals surface area contributed by atoms with E-state index in [1.165, 1.54) is 0 Å². The Bertz CT molecular complexity index is 520. The lowest BCUT2D eigenvalue weighted by Crippen LogP contribution is -2.40. The maximum absolute atomic E-state index is 10.3. The van der Waals surface area contributed by atoms with Crippen molar-refractivity contribution in [1.29, 1.82) is 0 Å². The monoisotopic (exact) mass is 248 g/mol. The molecule has 2 rings (SSSR count). The average molecular weight is 248 g/mol. The number of pyridine rings is 1. The molecule has 0 bridgehead atoms. The van der Waals surface area contributed by atoms with Gasteiger partial charge < -0.3 is 10.4 Å². The Morgan fingerprint density at radius 3 is 2.89 bits per heavy atom. The van der Waals surface area contributed by atoms with Gasteiger partial charge in [0.05, 0.1) is 24.0 Å². The van der Waals surface area contributed by atoms with Crippen LogP contribution in [0.3, 0.4) is 0 Å². The van der Waals surface area contributed by atoms with E-state index in [2.05, 4.69) is 41.3 Å². The van der Waals surface area contributed by atoms with Gasteiger partial charge in [0.2, 0.25) is 0 Å². The molecule has 0 saturated carbocycles. The van der Waals surface area contributed by atoms with Gasteiger partial charge in [-0.15, -0.1) is 0 Å². The van der Waals surface area contributed by atoms with Crippen LogP contribution in [0.25, 0.3) is 10.9 Å². The molecule has 2 heterocycles. The number of hydrogen-bond acceptors (Lipinski definition) is 4. The third kappa shape index (κ3) is 2.68. The Kier molecular flexibility index (Phi) is 3.63. The average Bonchev–Trinajstić information content (AvgIpc) is 2.84. The Balaban J connectivity index is 2.14. The van der Waals surface area contributed by atoms with E-state index < -0.39 is 6.10 Å². The lowest BCUT2D eigenvalue weighted by molar-refractivity contribution is 0.161. The van der Waals surface area contributed by atoms with Gasteiger partial charge in [0.25, 0.3) is 0 Å². The molecule has 0 unspecified atom stereocenters. The largest absolute Gasteiger partial charge is 0.387 e. The predicted molar refractivity (Wildman–Crippen MR) is 71.2 cm³/mol. The molecule has 5 heteroatoms. The summed E-state index contributed by atoms with van der Waals surface area (Å²) in [6, 6.07) is 0. The summed E-state index contributed by atoms with van der Waals surface area (Å²) < 4.78 is 0. The zero-order valence-corrected chi connectivity index (χ0v) is 11.1. The van der Waals surface area contributed by atoms with Crippen molar-refractivity contribution in [2.45, 2.75) is 38.8 Å². The molecule has 0 aromatic carbocycles. The van der Waals surface area contributed by atoms with Gasteiger partial charge in [0.1, 0.15) is 0 Å². The van der Waals surface area contributed by atoms with Crippen LogP contribution < -0.4 is 5.32 Å². The molecule has 0 spiro atoms. The van der Waals surface area contributed by atoms with Gasteiger partial charge in [-0.2, -0.15) is 5.10 Å². The van der Waals surface area contributed by atoms with Crippen molar-refractivity contribution < 1.29 is 5.11 Å². The summed E-state index contributed by atoms with van der Waals surface area (Å²) in [5.74, 6) is 0. The number of H-pyrrole nitrogens is 1. The SMILES string of the molecule is CCC(C)(C)NC[C@H](O)c1cncc2[nH]ncc12. The van der Waals surface area contributed by atoms with E-state index in [0.717, 1.165) is 22.9 Å². The highest BCUT2D eigenvalue weighted by Crippen LogP contribution is 2.21. The first kappa shape index (κ1) is 13.0. The topological polar surface area (TPSA) is 73.8 Å². The first-order valence-electron chi connectivity index (χ1n) is 6.23. The highest BCUT2D eigenvalue weighted by atomic mass is 16.3. The van der Waals surface area contributed by atoms with Crippen LogP contribution in [0.1, 0.15) is 38.9 Å². The van der Waals surface area contributed by atoms with Gasteiger partial charge in [-0.1, -0.05) is 6.92 Å². The maximum Gasteiger partial charge on any atom is 0.0936 e. The molecular formula is C13H20N4O. The minimum absolute atomic E-state index is 0.0265. The van der Waals surface area contributed by atoms with Gasteiger partial charge in [-0.3, -0.25) is 10.1 Å². The van der Waals surface area contributed by atoms with E-state index in [1.54, 1.807) is 18.6 Å². The zero-order chi connectivity index (χ0) is 13.2. The second-order valence-corrected chi connectivity index (χ2v) is 5.19. The molecular weight excluding hydrogens is 228 g/mol. The van der Waals surface area contributed by atoms with Crippen molar-refractivity contribution in [3.05, 3.63) is 24.2 Å². The van der Waals surface area contributed by atoms with Crippen molar-refractivity contribution in [3.8, 4) is 0 Å². The van der Waals surface area contributed by atoms with E-state index >= 15 is 0 Å². The normalized spacial score (nSPS) is 14.0. The van der Waals surface area contributed by atoms with Crippen molar-refractivity contribution in [3.63, 3.8) is 0 Å². The smallest absolute Gasteiger partial charge is 0.0936 e. The van der Waals surface area contributed by atoms with Crippen molar-refractivity contribution in [2.75, 3.05) is 6.54 Å². The maximum atomic E-state index is 10.3. The van der Waals surface area contributed by atoms with Crippen LogP contribution in [-0.2, 0) is 0 Å². The molecule has 0 saturated heterocycles. The van der Waals surface area contributed by atoms with Crippen LogP contribution in [0.4, 0.5) is 0 Å². The fourth-order valence-electron chi connectivity index (χ4n) is 1.76. The second kappa shape index (κ2) is 5.04. The summed E-state index contributed by atoms with van der Waals surface area (Å²) in [5, 5.41) is 21.4. The minimum atomic E-state index is -0.579. The van der Waals surface area contributed by atoms with E-state index in [9.17, 15) is 5.11 Å². The van der Waals surface area contributed by atoms with Gasteiger partial charge >= 0.3 is 0 Å². The highest BCUT2D eigenvalue weighted by Gasteiger charge is 2.18. The lowest BCUT2D eigenvalue weighted by atomic mass is 10.0. The minimum Gasteiger partial charge on any atom is -0.387 e. The zero-order valence-electron chi connectivity index (χ0n) is 11.1. The van der Waals surface area contributed by atoms with E-state index in [-0.39, 0.29) is 5.54 Å². The number of aliphatic hydroxyl groups is 1.